The summed E-state index contributed by atoms with van der Waals surface area (Å²) < 4.78 is 31.8. The Hall–Kier alpha value is -1.00. The molecular formula is C13H17F2NO. The highest BCUT2D eigenvalue weighted by Gasteiger charge is 2.14. The third-order valence-electron chi connectivity index (χ3n) is 3.14. The number of hydrogen-bond donors (Lipinski definition) is 1. The van der Waals surface area contributed by atoms with Crippen molar-refractivity contribution >= 4 is 0 Å². The van der Waals surface area contributed by atoms with Crippen LogP contribution in [0.2, 0.25) is 0 Å². The zero-order valence-electron chi connectivity index (χ0n) is 9.72. The summed E-state index contributed by atoms with van der Waals surface area (Å²) in [5, 5.41) is 3.27. The Kier molecular flexibility index (Phi) is 4.45. The van der Waals surface area contributed by atoms with Gasteiger partial charge in [-0.3, -0.25) is 0 Å². The summed E-state index contributed by atoms with van der Waals surface area (Å²) in [6.07, 6.45) is 2.11. The third kappa shape index (κ3) is 3.48. The Labute approximate surface area is 100.0 Å². The van der Waals surface area contributed by atoms with E-state index in [1.54, 1.807) is 0 Å². The Morgan fingerprint density at radius 3 is 2.71 bits per heavy atom. The number of rotatable bonds is 5. The van der Waals surface area contributed by atoms with Gasteiger partial charge in [-0.2, -0.15) is 0 Å². The zero-order chi connectivity index (χ0) is 12.1. The molecule has 0 spiro atoms. The van der Waals surface area contributed by atoms with Crippen LogP contribution in [0, 0.1) is 17.6 Å². The summed E-state index contributed by atoms with van der Waals surface area (Å²) >= 11 is 0. The molecule has 1 aromatic rings. The standard InChI is InChI=1S/C13H17F2NO/c14-12-2-1-3-13(15)11(12)9-17-7-5-10-4-6-16-8-10/h1-3,10,16H,4-9H2. The lowest BCUT2D eigenvalue weighted by Crippen LogP contribution is -2.11. The summed E-state index contributed by atoms with van der Waals surface area (Å²) in [4.78, 5) is 0. The molecule has 1 atom stereocenters. The van der Waals surface area contributed by atoms with Gasteiger partial charge in [0.1, 0.15) is 11.6 Å². The summed E-state index contributed by atoms with van der Waals surface area (Å²) in [5.41, 5.74) is 0.0250. The summed E-state index contributed by atoms with van der Waals surface area (Å²) in [6.45, 7) is 2.66. The Morgan fingerprint density at radius 1 is 1.29 bits per heavy atom. The average Bonchev–Trinajstić information content (AvgIpc) is 2.80. The maximum absolute atomic E-state index is 13.2. The van der Waals surface area contributed by atoms with Gasteiger partial charge in [0.25, 0.3) is 0 Å². The van der Waals surface area contributed by atoms with Crippen molar-refractivity contribution in [1.82, 2.24) is 5.32 Å². The molecule has 1 N–H and O–H groups in total. The van der Waals surface area contributed by atoms with Crippen LogP contribution in [0.3, 0.4) is 0 Å². The molecule has 0 radical (unpaired) electrons. The summed E-state index contributed by atoms with van der Waals surface area (Å²) in [6, 6.07) is 3.86. The van der Waals surface area contributed by atoms with E-state index in [1.165, 1.54) is 18.2 Å². The largest absolute Gasteiger partial charge is 0.377 e. The molecule has 1 fully saturated rings. The van der Waals surface area contributed by atoms with Gasteiger partial charge in [-0.1, -0.05) is 6.07 Å². The highest BCUT2D eigenvalue weighted by atomic mass is 19.1. The lowest BCUT2D eigenvalue weighted by Gasteiger charge is -2.09. The van der Waals surface area contributed by atoms with Crippen LogP contribution >= 0.6 is 0 Å². The van der Waals surface area contributed by atoms with Crippen molar-refractivity contribution in [2.45, 2.75) is 19.4 Å². The fourth-order valence-electron chi connectivity index (χ4n) is 2.06. The van der Waals surface area contributed by atoms with E-state index in [0.717, 1.165) is 25.9 Å². The predicted molar refractivity (Wildman–Crippen MR) is 61.6 cm³/mol. The minimum Gasteiger partial charge on any atom is -0.377 e. The van der Waals surface area contributed by atoms with Gasteiger partial charge in [0.05, 0.1) is 6.61 Å². The minimum atomic E-state index is -0.535. The number of nitrogens with one attached hydrogen (secondary N) is 1. The summed E-state index contributed by atoms with van der Waals surface area (Å²) in [5.74, 6) is -0.430. The van der Waals surface area contributed by atoms with E-state index in [9.17, 15) is 8.78 Å². The second kappa shape index (κ2) is 6.07. The van der Waals surface area contributed by atoms with E-state index < -0.39 is 11.6 Å². The first-order valence-electron chi connectivity index (χ1n) is 5.98. The highest BCUT2D eigenvalue weighted by Crippen LogP contribution is 2.15. The number of halogens is 2. The lowest BCUT2D eigenvalue weighted by molar-refractivity contribution is 0.104. The normalized spacial score (nSPS) is 19.8. The zero-order valence-corrected chi connectivity index (χ0v) is 9.72. The molecule has 1 aromatic carbocycles. The van der Waals surface area contributed by atoms with Gasteiger partial charge in [0.2, 0.25) is 0 Å². The topological polar surface area (TPSA) is 21.3 Å². The molecule has 2 rings (SSSR count). The first-order chi connectivity index (χ1) is 8.27. The van der Waals surface area contributed by atoms with Crippen LogP contribution in [0.4, 0.5) is 8.78 Å². The van der Waals surface area contributed by atoms with E-state index in [-0.39, 0.29) is 12.2 Å². The van der Waals surface area contributed by atoms with Crippen molar-refractivity contribution < 1.29 is 13.5 Å². The molecule has 1 unspecified atom stereocenters. The van der Waals surface area contributed by atoms with Crippen LogP contribution < -0.4 is 5.32 Å². The van der Waals surface area contributed by atoms with E-state index >= 15 is 0 Å². The molecule has 4 heteroatoms. The van der Waals surface area contributed by atoms with Gasteiger partial charge < -0.3 is 10.1 Å². The van der Waals surface area contributed by atoms with Crippen LogP contribution in [0.25, 0.3) is 0 Å². The quantitative estimate of drug-likeness (QED) is 0.800. The average molecular weight is 241 g/mol. The maximum atomic E-state index is 13.2. The first-order valence-corrected chi connectivity index (χ1v) is 5.98. The van der Waals surface area contributed by atoms with Gasteiger partial charge in [-0.05, 0) is 44.0 Å². The first kappa shape index (κ1) is 12.5. The molecule has 1 aliphatic rings. The van der Waals surface area contributed by atoms with E-state index in [0.29, 0.717) is 12.5 Å². The minimum absolute atomic E-state index is 0.0126. The molecule has 0 bridgehead atoms. The van der Waals surface area contributed by atoms with Crippen molar-refractivity contribution in [2.24, 2.45) is 5.92 Å². The van der Waals surface area contributed by atoms with Gasteiger partial charge >= 0.3 is 0 Å². The lowest BCUT2D eigenvalue weighted by atomic mass is 10.1. The molecule has 0 aromatic heterocycles. The van der Waals surface area contributed by atoms with Gasteiger partial charge in [0, 0.05) is 12.2 Å². The van der Waals surface area contributed by atoms with Crippen LogP contribution in [0.5, 0.6) is 0 Å². The molecule has 17 heavy (non-hydrogen) atoms. The smallest absolute Gasteiger partial charge is 0.131 e. The van der Waals surface area contributed by atoms with E-state index in [1.807, 2.05) is 0 Å². The number of ether oxygens (including phenoxy) is 1. The highest BCUT2D eigenvalue weighted by molar-refractivity contribution is 5.18. The molecule has 0 amide bonds. The van der Waals surface area contributed by atoms with Crippen LogP contribution in [-0.4, -0.2) is 19.7 Å². The van der Waals surface area contributed by atoms with Crippen LogP contribution in [0.1, 0.15) is 18.4 Å². The third-order valence-corrected chi connectivity index (χ3v) is 3.14. The van der Waals surface area contributed by atoms with Gasteiger partial charge in [-0.15, -0.1) is 0 Å². The molecule has 1 heterocycles. The fraction of sp³-hybridized carbons (Fsp3) is 0.538. The van der Waals surface area contributed by atoms with Crippen molar-refractivity contribution in [1.29, 1.82) is 0 Å². The maximum Gasteiger partial charge on any atom is 0.131 e. The molecular weight excluding hydrogens is 224 g/mol. The van der Waals surface area contributed by atoms with Crippen LogP contribution in [-0.2, 0) is 11.3 Å². The van der Waals surface area contributed by atoms with Crippen molar-refractivity contribution in [3.05, 3.63) is 35.4 Å². The molecule has 0 aliphatic carbocycles. The number of benzene rings is 1. The molecule has 94 valence electrons. The van der Waals surface area contributed by atoms with E-state index in [4.69, 9.17) is 4.74 Å². The summed E-state index contributed by atoms with van der Waals surface area (Å²) in [7, 11) is 0. The SMILES string of the molecule is Fc1cccc(F)c1COCCC1CCNC1. The van der Waals surface area contributed by atoms with Gasteiger partial charge in [0.15, 0.2) is 0 Å². The molecule has 0 saturated carbocycles. The van der Waals surface area contributed by atoms with Crippen LogP contribution in [0.15, 0.2) is 18.2 Å². The van der Waals surface area contributed by atoms with Crippen molar-refractivity contribution in [2.75, 3.05) is 19.7 Å². The van der Waals surface area contributed by atoms with Gasteiger partial charge in [-0.25, -0.2) is 8.78 Å². The Bertz CT molecular complexity index is 344. The molecule has 1 saturated heterocycles. The van der Waals surface area contributed by atoms with E-state index in [2.05, 4.69) is 5.32 Å². The molecule has 1 aliphatic heterocycles. The molecule has 2 nitrogen and oxygen atoms in total. The Morgan fingerprint density at radius 2 is 2.06 bits per heavy atom. The second-order valence-electron chi connectivity index (χ2n) is 4.40. The van der Waals surface area contributed by atoms with Crippen molar-refractivity contribution in [3.8, 4) is 0 Å². The fourth-order valence-corrected chi connectivity index (χ4v) is 2.06. The number of hydrogen-bond acceptors (Lipinski definition) is 2. The second-order valence-corrected chi connectivity index (χ2v) is 4.40. The van der Waals surface area contributed by atoms with Crippen molar-refractivity contribution in [3.63, 3.8) is 0 Å². The Balaban J connectivity index is 1.74. The monoisotopic (exact) mass is 241 g/mol. The predicted octanol–water partition coefficient (Wildman–Crippen LogP) is 2.48.